The number of rotatable bonds is 1. The Morgan fingerprint density at radius 2 is 0.952 bits per heavy atom. The van der Waals surface area contributed by atoms with Crippen molar-refractivity contribution in [2.24, 2.45) is 0 Å². The summed E-state index contributed by atoms with van der Waals surface area (Å²) in [6, 6.07) is 39.1. The van der Waals surface area contributed by atoms with E-state index in [9.17, 15) is 0 Å². The number of nitrogens with zero attached hydrogens (tertiary/aromatic N) is 6. The lowest BCUT2D eigenvalue weighted by Gasteiger charge is -2.10. The van der Waals surface area contributed by atoms with Crippen molar-refractivity contribution in [1.82, 2.24) is 28.7 Å². The summed E-state index contributed by atoms with van der Waals surface area (Å²) in [5.41, 5.74) is 12.7. The van der Waals surface area contributed by atoms with E-state index in [2.05, 4.69) is 75.7 Å². The first kappa shape index (κ1) is 31.2. The second-order valence-electron chi connectivity index (χ2n) is 16.1. The van der Waals surface area contributed by atoms with Gasteiger partial charge in [0.1, 0.15) is 38.9 Å². The van der Waals surface area contributed by atoms with E-state index < -0.39 is 0 Å². The second-order valence-corrected chi connectivity index (χ2v) is 16.1. The van der Waals surface area contributed by atoms with Gasteiger partial charge in [-0.15, -0.1) is 0 Å². The molecule has 10 aromatic heterocycles. The molecule has 0 amide bonds. The second kappa shape index (κ2) is 10.7. The Bertz CT molecular complexity index is 4710. The summed E-state index contributed by atoms with van der Waals surface area (Å²) in [6.07, 6.45) is 9.58. The van der Waals surface area contributed by atoms with Crippen LogP contribution in [0.2, 0.25) is 0 Å². The predicted molar refractivity (Wildman–Crippen MR) is 244 cm³/mol. The van der Waals surface area contributed by atoms with Crippen molar-refractivity contribution < 1.29 is 17.7 Å². The van der Waals surface area contributed by atoms with Crippen molar-refractivity contribution in [3.63, 3.8) is 0 Å². The highest BCUT2D eigenvalue weighted by Crippen LogP contribution is 2.50. The van der Waals surface area contributed by atoms with Crippen LogP contribution in [0.1, 0.15) is 0 Å². The number of hydrogen-bond donors (Lipinski definition) is 0. The highest BCUT2D eigenvalue weighted by Gasteiger charge is 2.28. The van der Waals surface area contributed by atoms with Gasteiger partial charge in [-0.25, -0.2) is 9.97 Å². The lowest BCUT2D eigenvalue weighted by atomic mass is 9.99. The molecule has 10 nitrogen and oxygen atoms in total. The Labute approximate surface area is 345 Å². The standard InChI is InChI=1S/C52H24N6O4/c1-4-14-33-26(9-1)39-38-30-13-8-19-53-43(30)51-55-21-22-57(51)46(38)48-42(47(39)59-33)31-23-25(17-18-36(31)60-48)32-24-58-45-37(29-12-7-20-54-44(29)52(58)56-32)40-27-10-2-5-15-34(27)61-49(40)50-41(45)28-11-3-6-16-35(28)62-50/h1-24H. The van der Waals surface area contributed by atoms with E-state index in [0.29, 0.717) is 16.7 Å². The van der Waals surface area contributed by atoms with Crippen molar-refractivity contribution in [2.75, 3.05) is 0 Å². The zero-order chi connectivity index (χ0) is 39.9. The van der Waals surface area contributed by atoms with E-state index in [1.165, 1.54) is 0 Å². The highest BCUT2D eigenvalue weighted by atomic mass is 16.4. The first-order valence-electron chi connectivity index (χ1n) is 20.4. The van der Waals surface area contributed by atoms with Crippen LogP contribution in [0, 0.1) is 0 Å². The van der Waals surface area contributed by atoms with Gasteiger partial charge in [-0.2, -0.15) is 0 Å². The molecule has 0 N–H and O–H groups in total. The molecule has 10 heteroatoms. The van der Waals surface area contributed by atoms with E-state index in [1.807, 2.05) is 79.4 Å². The molecular weight excluding hydrogens is 773 g/mol. The average Bonchev–Trinajstić information content (AvgIpc) is 4.18. The summed E-state index contributed by atoms with van der Waals surface area (Å²) in [5.74, 6) is 0. The topological polar surface area (TPSA) is 113 Å². The predicted octanol–water partition coefficient (Wildman–Crippen LogP) is 13.6. The van der Waals surface area contributed by atoms with Crippen LogP contribution in [-0.2, 0) is 0 Å². The molecule has 10 heterocycles. The molecule has 6 aromatic carbocycles. The minimum atomic E-state index is 0.702. The molecule has 0 saturated carbocycles. The molecule has 286 valence electrons. The molecule has 0 aliphatic rings. The highest BCUT2D eigenvalue weighted by molar-refractivity contribution is 6.39. The summed E-state index contributed by atoms with van der Waals surface area (Å²) in [7, 11) is 0. The summed E-state index contributed by atoms with van der Waals surface area (Å²) in [6.45, 7) is 0. The maximum atomic E-state index is 6.93. The third-order valence-electron chi connectivity index (χ3n) is 13.0. The van der Waals surface area contributed by atoms with Crippen LogP contribution in [0.15, 0.2) is 164 Å². The van der Waals surface area contributed by atoms with E-state index in [-0.39, 0.29) is 0 Å². The number of furan rings is 4. The Kier molecular flexibility index (Phi) is 5.38. The molecule has 0 fully saturated rings. The molecule has 0 spiro atoms. The minimum Gasteiger partial charge on any atom is -0.455 e. The van der Waals surface area contributed by atoms with E-state index >= 15 is 0 Å². The Hall–Kier alpha value is -8.76. The summed E-state index contributed by atoms with van der Waals surface area (Å²) in [4.78, 5) is 20.0. The van der Waals surface area contributed by atoms with Crippen LogP contribution in [0.3, 0.4) is 0 Å². The molecule has 0 aliphatic carbocycles. The first-order chi connectivity index (χ1) is 30.8. The fraction of sp³-hybridized carbons (Fsp3) is 0. The van der Waals surface area contributed by atoms with Crippen LogP contribution < -0.4 is 0 Å². The van der Waals surface area contributed by atoms with Gasteiger partial charge in [0.2, 0.25) is 0 Å². The van der Waals surface area contributed by atoms with Crippen LogP contribution in [0.25, 0.3) is 154 Å². The van der Waals surface area contributed by atoms with Gasteiger partial charge in [-0.05, 0) is 48.5 Å². The normalized spacial score (nSPS) is 12.8. The van der Waals surface area contributed by atoms with Crippen molar-refractivity contribution in [3.05, 3.63) is 146 Å². The van der Waals surface area contributed by atoms with Gasteiger partial charge in [0.25, 0.3) is 0 Å². The number of pyridine rings is 4. The third kappa shape index (κ3) is 3.61. The molecule has 0 saturated heterocycles. The van der Waals surface area contributed by atoms with Gasteiger partial charge in [0.05, 0.1) is 27.5 Å². The quantitative estimate of drug-likeness (QED) is 0.151. The molecule has 16 aromatic rings. The van der Waals surface area contributed by atoms with Crippen molar-refractivity contribution >= 4 is 143 Å². The number of hydrogen-bond acceptors (Lipinski definition) is 8. The smallest absolute Gasteiger partial charge is 0.180 e. The lowest BCUT2D eigenvalue weighted by Crippen LogP contribution is -1.93. The maximum Gasteiger partial charge on any atom is 0.180 e. The molecule has 0 bridgehead atoms. The first-order valence-corrected chi connectivity index (χ1v) is 20.4. The third-order valence-corrected chi connectivity index (χ3v) is 13.0. The number of fused-ring (bicyclic) bond motifs is 30. The monoisotopic (exact) mass is 796 g/mol. The van der Waals surface area contributed by atoms with Gasteiger partial charge in [-0.3, -0.25) is 18.8 Å². The summed E-state index contributed by atoms with van der Waals surface area (Å²) >= 11 is 0. The van der Waals surface area contributed by atoms with E-state index in [4.69, 9.17) is 37.6 Å². The Morgan fingerprint density at radius 1 is 0.387 bits per heavy atom. The molecule has 0 aliphatic heterocycles. The lowest BCUT2D eigenvalue weighted by molar-refractivity contribution is 0.633. The number of para-hydroxylation sites is 3. The van der Waals surface area contributed by atoms with Gasteiger partial charge in [0, 0.05) is 90.4 Å². The van der Waals surface area contributed by atoms with E-state index in [0.717, 1.165) is 137 Å². The fourth-order valence-electron chi connectivity index (χ4n) is 10.6. The van der Waals surface area contributed by atoms with Crippen LogP contribution in [0.5, 0.6) is 0 Å². The van der Waals surface area contributed by atoms with Crippen molar-refractivity contribution in [3.8, 4) is 11.3 Å². The maximum absolute atomic E-state index is 6.93. The summed E-state index contributed by atoms with van der Waals surface area (Å²) in [5, 5.41) is 11.8. The molecule has 62 heavy (non-hydrogen) atoms. The van der Waals surface area contributed by atoms with Crippen molar-refractivity contribution in [1.29, 1.82) is 0 Å². The fourth-order valence-corrected chi connectivity index (χ4v) is 10.6. The zero-order valence-electron chi connectivity index (χ0n) is 32.2. The number of benzene rings is 6. The minimum absolute atomic E-state index is 0.702. The number of aromatic nitrogens is 6. The van der Waals surface area contributed by atoms with Crippen LogP contribution in [0.4, 0.5) is 0 Å². The van der Waals surface area contributed by atoms with Crippen molar-refractivity contribution in [2.45, 2.75) is 0 Å². The molecule has 16 rings (SSSR count). The molecular formula is C52H24N6O4. The van der Waals surface area contributed by atoms with Gasteiger partial charge in [-0.1, -0.05) is 66.7 Å². The van der Waals surface area contributed by atoms with Gasteiger partial charge >= 0.3 is 0 Å². The average molecular weight is 797 g/mol. The van der Waals surface area contributed by atoms with Gasteiger partial charge in [0.15, 0.2) is 28.0 Å². The molecule has 0 unspecified atom stereocenters. The molecule has 0 radical (unpaired) electrons. The van der Waals surface area contributed by atoms with Gasteiger partial charge < -0.3 is 17.7 Å². The molecule has 0 atom stereocenters. The Morgan fingerprint density at radius 3 is 1.68 bits per heavy atom. The largest absolute Gasteiger partial charge is 0.455 e. The zero-order valence-corrected chi connectivity index (χ0v) is 32.2. The SMILES string of the molecule is c1ccc2c(c1)oc1c3c4cc(-c5cn6c(n5)c5ncccc5c5c7c8ccccc8oc7c7oc8ccccc8c7c56)ccc4oc3c3c(c4cccnc4c4nccn43)c21. The van der Waals surface area contributed by atoms with E-state index in [1.54, 1.807) is 0 Å². The number of imidazole rings is 2. The Balaban J connectivity index is 1.06. The van der Waals surface area contributed by atoms with Crippen LogP contribution in [-0.4, -0.2) is 28.7 Å². The van der Waals surface area contributed by atoms with Crippen LogP contribution >= 0.6 is 0 Å². The summed E-state index contributed by atoms with van der Waals surface area (Å²) < 4.78 is 31.4.